The van der Waals surface area contributed by atoms with E-state index in [0.717, 1.165) is 37.2 Å². The van der Waals surface area contributed by atoms with Crippen molar-refractivity contribution in [1.29, 1.82) is 0 Å². The molecular formula is C14H18N2O3. The Hall–Kier alpha value is -1.88. The maximum atomic E-state index is 10.7. The number of nitro groups is 1. The molecule has 0 aromatic heterocycles. The van der Waals surface area contributed by atoms with Gasteiger partial charge in [0, 0.05) is 24.4 Å². The van der Waals surface area contributed by atoms with Crippen molar-refractivity contribution in [3.05, 3.63) is 45.5 Å². The van der Waals surface area contributed by atoms with Crippen LogP contribution < -0.4 is 5.32 Å². The molecule has 1 aliphatic rings. The second kappa shape index (κ2) is 6.33. The van der Waals surface area contributed by atoms with E-state index in [1.54, 1.807) is 12.1 Å². The van der Waals surface area contributed by atoms with E-state index in [2.05, 4.69) is 11.4 Å². The summed E-state index contributed by atoms with van der Waals surface area (Å²) < 4.78 is 5.26. The first-order valence-electron chi connectivity index (χ1n) is 6.41. The van der Waals surface area contributed by atoms with Crippen molar-refractivity contribution >= 4 is 11.4 Å². The molecule has 102 valence electrons. The van der Waals surface area contributed by atoms with Gasteiger partial charge in [-0.2, -0.15) is 0 Å². The summed E-state index contributed by atoms with van der Waals surface area (Å²) in [4.78, 5) is 10.3. The summed E-state index contributed by atoms with van der Waals surface area (Å²) in [5, 5.41) is 14.0. The number of anilines is 1. The average molecular weight is 262 g/mol. The average Bonchev–Trinajstić information content (AvgIpc) is 2.41. The SMILES string of the molecule is Cc1cc([N+](=O)[O-])ccc1NCCC1=CCOCC1. The molecule has 0 atom stereocenters. The number of benzene rings is 1. The Labute approximate surface area is 112 Å². The Kier molecular flexibility index (Phi) is 4.52. The number of nitrogens with zero attached hydrogens (tertiary/aromatic N) is 1. The largest absolute Gasteiger partial charge is 0.385 e. The number of non-ortho nitro benzene ring substituents is 1. The van der Waals surface area contributed by atoms with Crippen LogP contribution in [-0.4, -0.2) is 24.7 Å². The zero-order valence-electron chi connectivity index (χ0n) is 11.0. The van der Waals surface area contributed by atoms with E-state index in [9.17, 15) is 10.1 Å². The van der Waals surface area contributed by atoms with E-state index < -0.39 is 0 Å². The number of nitro benzene ring substituents is 1. The summed E-state index contributed by atoms with van der Waals surface area (Å²) in [6, 6.07) is 4.89. The third kappa shape index (κ3) is 3.79. The lowest BCUT2D eigenvalue weighted by molar-refractivity contribution is -0.384. The lowest BCUT2D eigenvalue weighted by Crippen LogP contribution is -2.09. The van der Waals surface area contributed by atoms with Crippen LogP contribution in [0.1, 0.15) is 18.4 Å². The number of ether oxygens (including phenoxy) is 1. The van der Waals surface area contributed by atoms with Gasteiger partial charge in [-0.15, -0.1) is 0 Å². The van der Waals surface area contributed by atoms with Crippen molar-refractivity contribution in [3.63, 3.8) is 0 Å². The molecule has 1 heterocycles. The van der Waals surface area contributed by atoms with Crippen molar-refractivity contribution in [2.75, 3.05) is 25.1 Å². The lowest BCUT2D eigenvalue weighted by Gasteiger charge is -2.14. The van der Waals surface area contributed by atoms with Crippen LogP contribution in [0.15, 0.2) is 29.8 Å². The molecule has 0 saturated carbocycles. The van der Waals surface area contributed by atoms with Gasteiger partial charge in [-0.05, 0) is 31.4 Å². The lowest BCUT2D eigenvalue weighted by atomic mass is 10.1. The maximum Gasteiger partial charge on any atom is 0.269 e. The van der Waals surface area contributed by atoms with Gasteiger partial charge in [-0.1, -0.05) is 11.6 Å². The topological polar surface area (TPSA) is 64.4 Å². The van der Waals surface area contributed by atoms with Crippen molar-refractivity contribution < 1.29 is 9.66 Å². The third-order valence-electron chi connectivity index (χ3n) is 3.24. The molecule has 1 N–H and O–H groups in total. The van der Waals surface area contributed by atoms with Crippen molar-refractivity contribution in [1.82, 2.24) is 0 Å². The van der Waals surface area contributed by atoms with Gasteiger partial charge in [0.05, 0.1) is 18.1 Å². The molecule has 0 aliphatic carbocycles. The highest BCUT2D eigenvalue weighted by Crippen LogP contribution is 2.21. The zero-order chi connectivity index (χ0) is 13.7. The van der Waals surface area contributed by atoms with Gasteiger partial charge < -0.3 is 10.1 Å². The molecule has 0 bridgehead atoms. The highest BCUT2D eigenvalue weighted by molar-refractivity contribution is 5.55. The fraction of sp³-hybridized carbons (Fsp3) is 0.429. The third-order valence-corrected chi connectivity index (χ3v) is 3.24. The minimum atomic E-state index is -0.371. The molecule has 0 spiro atoms. The normalized spacial score (nSPS) is 14.9. The molecule has 5 nitrogen and oxygen atoms in total. The highest BCUT2D eigenvalue weighted by Gasteiger charge is 2.08. The molecule has 2 rings (SSSR count). The number of nitrogens with one attached hydrogen (secondary N) is 1. The van der Waals surface area contributed by atoms with Gasteiger partial charge in [-0.25, -0.2) is 0 Å². The molecule has 0 saturated heterocycles. The van der Waals surface area contributed by atoms with Crippen LogP contribution in [0.2, 0.25) is 0 Å². The van der Waals surface area contributed by atoms with Crippen LogP contribution >= 0.6 is 0 Å². The predicted molar refractivity (Wildman–Crippen MR) is 74.5 cm³/mol. The number of aryl methyl sites for hydroxylation is 1. The molecule has 1 aromatic carbocycles. The van der Waals surface area contributed by atoms with Gasteiger partial charge >= 0.3 is 0 Å². The first-order chi connectivity index (χ1) is 9.16. The molecule has 0 unspecified atom stereocenters. The molecule has 1 aromatic rings. The van der Waals surface area contributed by atoms with Crippen LogP contribution in [0.25, 0.3) is 0 Å². The van der Waals surface area contributed by atoms with Crippen LogP contribution in [-0.2, 0) is 4.74 Å². The summed E-state index contributed by atoms with van der Waals surface area (Å²) in [6.07, 6.45) is 4.12. The summed E-state index contributed by atoms with van der Waals surface area (Å²) in [5.41, 5.74) is 3.40. The second-order valence-corrected chi connectivity index (χ2v) is 4.62. The van der Waals surface area contributed by atoms with Gasteiger partial charge in [0.15, 0.2) is 0 Å². The molecule has 0 fully saturated rings. The van der Waals surface area contributed by atoms with E-state index >= 15 is 0 Å². The van der Waals surface area contributed by atoms with E-state index in [0.29, 0.717) is 6.61 Å². The van der Waals surface area contributed by atoms with Crippen molar-refractivity contribution in [2.24, 2.45) is 0 Å². The first kappa shape index (κ1) is 13.5. The monoisotopic (exact) mass is 262 g/mol. The van der Waals surface area contributed by atoms with Crippen LogP contribution in [0.5, 0.6) is 0 Å². The van der Waals surface area contributed by atoms with Crippen LogP contribution in [0.3, 0.4) is 0 Å². The Morgan fingerprint density at radius 3 is 2.95 bits per heavy atom. The number of rotatable bonds is 5. The smallest absolute Gasteiger partial charge is 0.269 e. The van der Waals surface area contributed by atoms with Gasteiger partial charge in [-0.3, -0.25) is 10.1 Å². The molecule has 19 heavy (non-hydrogen) atoms. The zero-order valence-corrected chi connectivity index (χ0v) is 11.0. The van der Waals surface area contributed by atoms with Gasteiger partial charge in [0.2, 0.25) is 0 Å². The molecule has 0 radical (unpaired) electrons. The second-order valence-electron chi connectivity index (χ2n) is 4.62. The van der Waals surface area contributed by atoms with Gasteiger partial charge in [0.1, 0.15) is 0 Å². The fourth-order valence-corrected chi connectivity index (χ4v) is 2.11. The summed E-state index contributed by atoms with van der Waals surface area (Å²) >= 11 is 0. The summed E-state index contributed by atoms with van der Waals surface area (Å²) in [5.74, 6) is 0. The van der Waals surface area contributed by atoms with E-state index in [4.69, 9.17) is 4.74 Å². The summed E-state index contributed by atoms with van der Waals surface area (Å²) in [7, 11) is 0. The van der Waals surface area contributed by atoms with Crippen LogP contribution in [0, 0.1) is 17.0 Å². The van der Waals surface area contributed by atoms with Crippen molar-refractivity contribution in [3.8, 4) is 0 Å². The van der Waals surface area contributed by atoms with E-state index in [1.165, 1.54) is 11.6 Å². The Bertz CT molecular complexity index is 497. The molecule has 1 aliphatic heterocycles. The van der Waals surface area contributed by atoms with Gasteiger partial charge in [0.25, 0.3) is 5.69 Å². The molecule has 5 heteroatoms. The molecular weight excluding hydrogens is 244 g/mol. The van der Waals surface area contributed by atoms with Crippen molar-refractivity contribution in [2.45, 2.75) is 19.8 Å². The van der Waals surface area contributed by atoms with Crippen LogP contribution in [0.4, 0.5) is 11.4 Å². The Balaban J connectivity index is 1.89. The quantitative estimate of drug-likeness (QED) is 0.503. The Morgan fingerprint density at radius 1 is 1.47 bits per heavy atom. The summed E-state index contributed by atoms with van der Waals surface area (Å²) in [6.45, 7) is 4.24. The van der Waals surface area contributed by atoms with E-state index in [1.807, 2.05) is 6.92 Å². The minimum absolute atomic E-state index is 0.134. The predicted octanol–water partition coefficient (Wildman–Crippen LogP) is 3.05. The first-order valence-corrected chi connectivity index (χ1v) is 6.41. The Morgan fingerprint density at radius 2 is 2.32 bits per heavy atom. The maximum absolute atomic E-state index is 10.7. The van der Waals surface area contributed by atoms with E-state index in [-0.39, 0.29) is 10.6 Å². The number of hydrogen-bond acceptors (Lipinski definition) is 4. The standard InChI is InChI=1S/C14H18N2O3/c1-11-10-13(16(17)18)2-3-14(11)15-7-4-12-5-8-19-9-6-12/h2-3,5,10,15H,4,6-9H2,1H3. The number of hydrogen-bond donors (Lipinski definition) is 1. The highest BCUT2D eigenvalue weighted by atomic mass is 16.6. The minimum Gasteiger partial charge on any atom is -0.385 e. The fourth-order valence-electron chi connectivity index (χ4n) is 2.11. The molecule has 0 amide bonds.